The molecule has 1 fully saturated rings. The lowest BCUT2D eigenvalue weighted by Crippen LogP contribution is -2.35. The average Bonchev–Trinajstić information content (AvgIpc) is 3.43. The number of fused-ring (bicyclic) bond motifs is 1. The fourth-order valence-corrected chi connectivity index (χ4v) is 4.69. The van der Waals surface area contributed by atoms with E-state index in [0.717, 1.165) is 50.1 Å². The molecule has 1 aromatic carbocycles. The summed E-state index contributed by atoms with van der Waals surface area (Å²) in [6.07, 6.45) is -0.814. The summed E-state index contributed by atoms with van der Waals surface area (Å²) in [6.45, 7) is 12.7. The fourth-order valence-electron chi connectivity index (χ4n) is 4.69. The summed E-state index contributed by atoms with van der Waals surface area (Å²) >= 11 is 0. The topological polar surface area (TPSA) is 87.5 Å². The Balaban J connectivity index is 0.000000429. The number of aryl methyl sites for hydroxylation is 2. The van der Waals surface area contributed by atoms with Crippen LogP contribution in [0.5, 0.6) is 0 Å². The molecule has 2 heterocycles. The van der Waals surface area contributed by atoms with Crippen LogP contribution in [0.15, 0.2) is 18.2 Å². The summed E-state index contributed by atoms with van der Waals surface area (Å²) in [5, 5.41) is 15.0. The van der Waals surface area contributed by atoms with Crippen molar-refractivity contribution in [2.45, 2.75) is 59.6 Å². The number of hydrogen-bond acceptors (Lipinski definition) is 4. The third-order valence-electron chi connectivity index (χ3n) is 6.44. The zero-order valence-electron chi connectivity index (χ0n) is 20.6. The van der Waals surface area contributed by atoms with Gasteiger partial charge in [-0.25, -0.2) is 9.48 Å². The second-order valence-corrected chi connectivity index (χ2v) is 10.1. The highest BCUT2D eigenvalue weighted by atomic mass is 19.4. The minimum atomic E-state index is -5.08. The maximum absolute atomic E-state index is 12.9. The van der Waals surface area contributed by atoms with Gasteiger partial charge in [-0.05, 0) is 63.1 Å². The van der Waals surface area contributed by atoms with Crippen LogP contribution in [0.1, 0.15) is 59.6 Å². The van der Waals surface area contributed by atoms with Crippen LogP contribution in [0.25, 0.3) is 5.69 Å². The Morgan fingerprint density at radius 2 is 1.89 bits per heavy atom. The number of nitrogens with one attached hydrogen (secondary N) is 1. The van der Waals surface area contributed by atoms with Crippen molar-refractivity contribution in [1.29, 1.82) is 0 Å². The first-order chi connectivity index (χ1) is 16.3. The van der Waals surface area contributed by atoms with E-state index in [1.165, 1.54) is 23.2 Å². The van der Waals surface area contributed by atoms with Gasteiger partial charge in [-0.2, -0.15) is 18.3 Å². The number of nitrogens with zero attached hydrogens (tertiary/aromatic N) is 3. The van der Waals surface area contributed by atoms with Crippen molar-refractivity contribution in [3.8, 4) is 5.69 Å². The molecule has 1 saturated heterocycles. The predicted molar refractivity (Wildman–Crippen MR) is 126 cm³/mol. The van der Waals surface area contributed by atoms with Crippen LogP contribution in [0.3, 0.4) is 0 Å². The lowest BCUT2D eigenvalue weighted by Gasteiger charge is -2.19. The molecule has 0 bridgehead atoms. The van der Waals surface area contributed by atoms with Crippen molar-refractivity contribution < 1.29 is 27.9 Å². The molecule has 0 spiro atoms. The van der Waals surface area contributed by atoms with Gasteiger partial charge in [0.2, 0.25) is 0 Å². The number of carbonyl (C=O) groups is 2. The van der Waals surface area contributed by atoms with Gasteiger partial charge in [-0.15, -0.1) is 0 Å². The standard InChI is InChI=1S/C23H32N4O.C2HF3O2/c1-16-8-9-19(17(2)14-16)27-20-7-5-6-18(20)21(25-27)22(28)24-11-13-26-12-10-23(3,4)15-26;3-2(4,5)1(6)7/h8-9,14H,5-7,10-13,15H2,1-4H3,(H,24,28);(H,6,7). The molecule has 35 heavy (non-hydrogen) atoms. The van der Waals surface area contributed by atoms with Crippen LogP contribution in [-0.2, 0) is 17.6 Å². The van der Waals surface area contributed by atoms with Crippen LogP contribution in [-0.4, -0.2) is 64.0 Å². The van der Waals surface area contributed by atoms with Crippen molar-refractivity contribution in [1.82, 2.24) is 20.0 Å². The van der Waals surface area contributed by atoms with Crippen LogP contribution in [0.4, 0.5) is 13.2 Å². The molecule has 1 aliphatic carbocycles. The van der Waals surface area contributed by atoms with E-state index < -0.39 is 12.1 Å². The Morgan fingerprint density at radius 1 is 1.20 bits per heavy atom. The highest BCUT2D eigenvalue weighted by Crippen LogP contribution is 2.30. The van der Waals surface area contributed by atoms with Crippen molar-refractivity contribution >= 4 is 11.9 Å². The molecule has 1 amide bonds. The van der Waals surface area contributed by atoms with E-state index in [2.05, 4.69) is 56.1 Å². The summed E-state index contributed by atoms with van der Waals surface area (Å²) < 4.78 is 33.7. The van der Waals surface area contributed by atoms with Crippen LogP contribution in [0.2, 0.25) is 0 Å². The fraction of sp³-hybridized carbons (Fsp3) is 0.560. The molecular weight excluding hydrogens is 461 g/mol. The Morgan fingerprint density at radius 3 is 2.46 bits per heavy atom. The highest BCUT2D eigenvalue weighted by molar-refractivity contribution is 5.94. The summed E-state index contributed by atoms with van der Waals surface area (Å²) in [5.41, 5.74) is 6.89. The molecule has 7 nitrogen and oxygen atoms in total. The summed E-state index contributed by atoms with van der Waals surface area (Å²) in [7, 11) is 0. The molecular formula is C25H33F3N4O3. The molecule has 1 aromatic heterocycles. The zero-order chi connectivity index (χ0) is 26.0. The van der Waals surface area contributed by atoms with Gasteiger partial charge in [-0.3, -0.25) is 4.79 Å². The SMILES string of the molecule is Cc1ccc(-n2nc(C(=O)NCCN3CCC(C)(C)C3)c3c2CCC3)c(C)c1.O=C(O)C(F)(F)F. The lowest BCUT2D eigenvalue weighted by atomic mass is 9.93. The minimum Gasteiger partial charge on any atom is -0.475 e. The van der Waals surface area contributed by atoms with Crippen LogP contribution >= 0.6 is 0 Å². The normalized spacial score (nSPS) is 17.0. The van der Waals surface area contributed by atoms with Crippen molar-refractivity contribution in [2.75, 3.05) is 26.2 Å². The largest absolute Gasteiger partial charge is 0.490 e. The predicted octanol–water partition coefficient (Wildman–Crippen LogP) is 4.07. The second-order valence-electron chi connectivity index (χ2n) is 10.1. The van der Waals surface area contributed by atoms with E-state index in [0.29, 0.717) is 17.7 Å². The number of carboxylic acid groups (broad SMARTS) is 1. The van der Waals surface area contributed by atoms with Crippen molar-refractivity contribution in [2.24, 2.45) is 5.41 Å². The molecule has 2 N–H and O–H groups in total. The first-order valence-corrected chi connectivity index (χ1v) is 11.8. The van der Waals surface area contributed by atoms with E-state index in [4.69, 9.17) is 15.0 Å². The number of carboxylic acids is 1. The van der Waals surface area contributed by atoms with Gasteiger partial charge in [0.1, 0.15) is 0 Å². The zero-order valence-corrected chi connectivity index (χ0v) is 20.6. The first kappa shape index (κ1) is 26.7. The van der Waals surface area contributed by atoms with Gasteiger partial charge in [0, 0.05) is 30.9 Å². The minimum absolute atomic E-state index is 0.0277. The van der Waals surface area contributed by atoms with Gasteiger partial charge in [0.15, 0.2) is 5.69 Å². The van der Waals surface area contributed by atoms with Crippen molar-refractivity contribution in [3.05, 3.63) is 46.3 Å². The number of aromatic nitrogens is 2. The molecule has 10 heteroatoms. The first-order valence-electron chi connectivity index (χ1n) is 11.8. The van der Waals surface area contributed by atoms with E-state index in [-0.39, 0.29) is 5.91 Å². The van der Waals surface area contributed by atoms with Crippen LogP contribution < -0.4 is 5.32 Å². The van der Waals surface area contributed by atoms with Crippen LogP contribution in [0, 0.1) is 19.3 Å². The van der Waals surface area contributed by atoms with E-state index in [9.17, 15) is 18.0 Å². The Hall–Kier alpha value is -2.88. The van der Waals surface area contributed by atoms with E-state index in [1.807, 2.05) is 4.68 Å². The summed E-state index contributed by atoms with van der Waals surface area (Å²) in [6, 6.07) is 6.41. The molecule has 0 saturated carbocycles. The second kappa shape index (κ2) is 10.4. The van der Waals surface area contributed by atoms with Gasteiger partial charge in [-0.1, -0.05) is 31.5 Å². The lowest BCUT2D eigenvalue weighted by molar-refractivity contribution is -0.192. The number of rotatable bonds is 5. The number of amides is 1. The number of aliphatic carboxylic acids is 1. The monoisotopic (exact) mass is 494 g/mol. The van der Waals surface area contributed by atoms with Gasteiger partial charge in [0.05, 0.1) is 5.69 Å². The molecule has 4 rings (SSSR count). The molecule has 192 valence electrons. The summed E-state index contributed by atoms with van der Waals surface area (Å²) in [4.78, 5) is 24.2. The quantitative estimate of drug-likeness (QED) is 0.654. The highest BCUT2D eigenvalue weighted by Gasteiger charge is 2.38. The number of alkyl halides is 3. The molecule has 0 atom stereocenters. The van der Waals surface area contributed by atoms with Crippen molar-refractivity contribution in [3.63, 3.8) is 0 Å². The smallest absolute Gasteiger partial charge is 0.475 e. The number of carbonyl (C=O) groups excluding carboxylic acids is 1. The van der Waals surface area contributed by atoms with E-state index in [1.54, 1.807) is 0 Å². The molecule has 2 aromatic rings. The molecule has 1 aliphatic heterocycles. The van der Waals surface area contributed by atoms with Gasteiger partial charge >= 0.3 is 12.1 Å². The molecule has 0 radical (unpaired) electrons. The average molecular weight is 495 g/mol. The van der Waals surface area contributed by atoms with Gasteiger partial charge in [0.25, 0.3) is 5.91 Å². The molecule has 0 unspecified atom stereocenters. The number of halogens is 3. The Kier molecular flexibility index (Phi) is 7.93. The maximum atomic E-state index is 12.9. The summed E-state index contributed by atoms with van der Waals surface area (Å²) in [5.74, 6) is -2.78. The Bertz CT molecular complexity index is 1090. The molecule has 2 aliphatic rings. The number of likely N-dealkylation sites (tertiary alicyclic amines) is 1. The maximum Gasteiger partial charge on any atom is 0.490 e. The van der Waals surface area contributed by atoms with Gasteiger partial charge < -0.3 is 15.3 Å². The third kappa shape index (κ3) is 6.62. The number of hydrogen-bond donors (Lipinski definition) is 2. The Labute approximate surface area is 203 Å². The number of benzene rings is 1. The third-order valence-corrected chi connectivity index (χ3v) is 6.44. The van der Waals surface area contributed by atoms with E-state index >= 15 is 0 Å².